The Hall–Kier alpha value is -2.04. The summed E-state index contributed by atoms with van der Waals surface area (Å²) < 4.78 is 39.2. The topological polar surface area (TPSA) is 96.4 Å². The molecule has 1 saturated carbocycles. The maximum absolute atomic E-state index is 13.4. The first-order valence-corrected chi connectivity index (χ1v) is 11.7. The average molecular weight is 432 g/mol. The van der Waals surface area contributed by atoms with E-state index in [1.54, 1.807) is 11.8 Å². The van der Waals surface area contributed by atoms with E-state index in [9.17, 15) is 18.3 Å². The smallest absolute Gasteiger partial charge is 0.297 e. The number of benzene rings is 1. The third-order valence-electron chi connectivity index (χ3n) is 6.24. The van der Waals surface area contributed by atoms with Crippen LogP contribution in [-0.4, -0.2) is 67.7 Å². The van der Waals surface area contributed by atoms with Crippen LogP contribution in [0, 0.1) is 11.8 Å². The third kappa shape index (κ3) is 2.66. The second-order valence-corrected chi connectivity index (χ2v) is 9.89. The number of rotatable bonds is 6. The van der Waals surface area contributed by atoms with Crippen molar-refractivity contribution in [1.82, 2.24) is 4.31 Å². The number of para-hydroxylation sites is 1. The Balaban J connectivity index is 1.56. The summed E-state index contributed by atoms with van der Waals surface area (Å²) in [6, 6.07) is 9.22. The molecule has 1 amide bonds. The average Bonchev–Trinajstić information content (AvgIpc) is 3.15. The van der Waals surface area contributed by atoms with Crippen LogP contribution in [0.5, 0.6) is 0 Å². The molecule has 4 aliphatic rings. The van der Waals surface area contributed by atoms with Gasteiger partial charge in [-0.05, 0) is 12.1 Å². The van der Waals surface area contributed by atoms with Gasteiger partial charge in [0.1, 0.15) is 0 Å². The lowest BCUT2D eigenvalue weighted by Crippen LogP contribution is -2.42. The number of fused-ring (bicyclic) bond motifs is 3. The van der Waals surface area contributed by atoms with Gasteiger partial charge in [-0.25, -0.2) is 8.42 Å². The zero-order valence-electron chi connectivity index (χ0n) is 16.6. The van der Waals surface area contributed by atoms with Crippen molar-refractivity contribution in [2.45, 2.75) is 18.0 Å². The lowest BCUT2D eigenvalue weighted by molar-refractivity contribution is -0.161. The quantitative estimate of drug-likeness (QED) is 0.716. The first-order valence-electron chi connectivity index (χ1n) is 10.2. The van der Waals surface area contributed by atoms with Crippen LogP contribution in [-0.2, 0) is 24.3 Å². The largest absolute Gasteiger partial charge is 0.395 e. The normalized spacial score (nSPS) is 29.1. The molecule has 30 heavy (non-hydrogen) atoms. The van der Waals surface area contributed by atoms with Crippen molar-refractivity contribution in [3.05, 3.63) is 53.8 Å². The number of allylic oxidation sites excluding steroid dienone is 2. The number of nitrogens with zero attached hydrogens (tertiary/aromatic N) is 2. The molecule has 2 aliphatic heterocycles. The maximum atomic E-state index is 13.4. The monoisotopic (exact) mass is 432 g/mol. The van der Waals surface area contributed by atoms with Gasteiger partial charge in [0.25, 0.3) is 11.7 Å². The molecule has 2 saturated heterocycles. The second-order valence-electron chi connectivity index (χ2n) is 7.80. The first kappa shape index (κ1) is 19.9. The van der Waals surface area contributed by atoms with E-state index < -0.39 is 21.1 Å². The van der Waals surface area contributed by atoms with Crippen molar-refractivity contribution in [3.63, 3.8) is 0 Å². The van der Waals surface area contributed by atoms with Crippen LogP contribution < -0.4 is 4.90 Å². The Labute approximate surface area is 175 Å². The van der Waals surface area contributed by atoms with Gasteiger partial charge in [-0.2, -0.15) is 4.31 Å². The van der Waals surface area contributed by atoms with E-state index in [2.05, 4.69) is 0 Å². The number of carbonyl (C=O) groups is 1. The summed E-state index contributed by atoms with van der Waals surface area (Å²) in [7, 11) is -3.59. The number of aliphatic hydroxyl groups excluding tert-OH is 1. The number of ether oxygens (including phenoxy) is 2. The molecule has 2 unspecified atom stereocenters. The van der Waals surface area contributed by atoms with E-state index in [1.165, 1.54) is 4.31 Å². The molecule has 5 rings (SSSR count). The highest BCUT2D eigenvalue weighted by Crippen LogP contribution is 2.57. The van der Waals surface area contributed by atoms with Gasteiger partial charge in [-0.1, -0.05) is 37.3 Å². The van der Waals surface area contributed by atoms with Crippen molar-refractivity contribution in [2.24, 2.45) is 11.8 Å². The Kier molecular flexibility index (Phi) is 4.64. The van der Waals surface area contributed by atoms with Crippen molar-refractivity contribution in [3.8, 4) is 0 Å². The summed E-state index contributed by atoms with van der Waals surface area (Å²) in [5.74, 6) is -2.27. The van der Waals surface area contributed by atoms with Gasteiger partial charge < -0.3 is 14.6 Å². The fourth-order valence-electron chi connectivity index (χ4n) is 4.81. The number of carbonyl (C=O) groups excluding carboxylic acids is 1. The summed E-state index contributed by atoms with van der Waals surface area (Å²) in [5.41, 5.74) is 1.92. The molecule has 0 bridgehead atoms. The minimum atomic E-state index is -3.59. The van der Waals surface area contributed by atoms with Gasteiger partial charge in [0.05, 0.1) is 30.8 Å². The number of likely N-dealkylation sites (N-methyl/N-ethyl adjacent to an activating group) is 1. The van der Waals surface area contributed by atoms with Gasteiger partial charge >= 0.3 is 0 Å². The standard InChI is InChI=1S/C21H24N2O6S/c1-2-22(8-9-24)30(26,27)19-15-12-17-18(13-16(15)19)23(14-6-4-3-5-7-14)20(25)21(17)28-10-11-29-21/h3-7,12-13,15-16,19,24H,2,8-11H2,1H3/t15-,16?,19?/m0/s1. The molecule has 0 radical (unpaired) electrons. The number of amides is 1. The van der Waals surface area contributed by atoms with Crippen molar-refractivity contribution in [1.29, 1.82) is 0 Å². The minimum Gasteiger partial charge on any atom is -0.395 e. The number of aliphatic hydroxyl groups is 1. The molecule has 8 nitrogen and oxygen atoms in total. The van der Waals surface area contributed by atoms with Crippen LogP contribution in [0.4, 0.5) is 5.69 Å². The Bertz CT molecular complexity index is 1030. The predicted molar refractivity (Wildman–Crippen MR) is 109 cm³/mol. The summed E-state index contributed by atoms with van der Waals surface area (Å²) in [5, 5.41) is 8.63. The summed E-state index contributed by atoms with van der Waals surface area (Å²) in [4.78, 5) is 14.9. The van der Waals surface area contributed by atoms with Crippen LogP contribution in [0.3, 0.4) is 0 Å². The van der Waals surface area contributed by atoms with Gasteiger partial charge in [0, 0.05) is 36.2 Å². The molecule has 0 aromatic heterocycles. The van der Waals surface area contributed by atoms with Crippen LogP contribution in [0.2, 0.25) is 0 Å². The van der Waals surface area contributed by atoms with Gasteiger partial charge in [0.2, 0.25) is 10.0 Å². The van der Waals surface area contributed by atoms with E-state index in [1.807, 2.05) is 42.5 Å². The van der Waals surface area contributed by atoms with E-state index in [0.29, 0.717) is 36.7 Å². The van der Waals surface area contributed by atoms with Gasteiger partial charge in [0.15, 0.2) is 0 Å². The van der Waals surface area contributed by atoms with E-state index >= 15 is 0 Å². The second kappa shape index (κ2) is 7.00. The zero-order valence-corrected chi connectivity index (χ0v) is 17.4. The highest BCUT2D eigenvalue weighted by atomic mass is 32.2. The SMILES string of the molecule is CCN(CCO)S(=O)(=O)C1C2C=C3C(=C[C@@H]21)C1(OCCO1)C(=O)N3c1ccccc1. The summed E-state index contributed by atoms with van der Waals surface area (Å²) in [6.07, 6.45) is 3.72. The molecule has 1 N–H and O–H groups in total. The van der Waals surface area contributed by atoms with Crippen molar-refractivity contribution in [2.75, 3.05) is 37.8 Å². The lowest BCUT2D eigenvalue weighted by atomic mass is 9.99. The van der Waals surface area contributed by atoms with Crippen molar-refractivity contribution < 1.29 is 27.8 Å². The number of anilines is 1. The number of sulfonamides is 1. The fourth-order valence-corrected chi connectivity index (χ4v) is 7.07. The molecular weight excluding hydrogens is 408 g/mol. The molecule has 2 heterocycles. The molecule has 3 atom stereocenters. The molecule has 1 spiro atoms. The molecule has 1 aromatic rings. The molecule has 3 fully saturated rings. The van der Waals surface area contributed by atoms with E-state index in [4.69, 9.17) is 9.47 Å². The predicted octanol–water partition coefficient (Wildman–Crippen LogP) is 0.859. The summed E-state index contributed by atoms with van der Waals surface area (Å²) >= 11 is 0. The maximum Gasteiger partial charge on any atom is 0.297 e. The first-order chi connectivity index (χ1) is 14.5. The number of hydrogen-bond donors (Lipinski definition) is 1. The Morgan fingerprint density at radius 3 is 2.47 bits per heavy atom. The van der Waals surface area contributed by atoms with Crippen LogP contribution in [0.15, 0.2) is 53.8 Å². The fraction of sp³-hybridized carbons (Fsp3) is 0.476. The molecular formula is C21H24N2O6S. The number of hydrogen-bond acceptors (Lipinski definition) is 6. The van der Waals surface area contributed by atoms with Crippen LogP contribution in [0.25, 0.3) is 0 Å². The van der Waals surface area contributed by atoms with Crippen LogP contribution >= 0.6 is 0 Å². The van der Waals surface area contributed by atoms with Crippen molar-refractivity contribution >= 4 is 21.6 Å². The molecule has 2 aliphatic carbocycles. The van der Waals surface area contributed by atoms with E-state index in [0.717, 1.165) is 0 Å². The van der Waals surface area contributed by atoms with E-state index in [-0.39, 0.29) is 30.9 Å². The zero-order chi connectivity index (χ0) is 21.1. The van der Waals surface area contributed by atoms with Gasteiger partial charge in [-0.3, -0.25) is 9.69 Å². The molecule has 1 aromatic carbocycles. The van der Waals surface area contributed by atoms with Gasteiger partial charge in [-0.15, -0.1) is 0 Å². The highest BCUT2D eigenvalue weighted by molar-refractivity contribution is 7.90. The summed E-state index contributed by atoms with van der Waals surface area (Å²) in [6.45, 7) is 2.52. The lowest BCUT2D eigenvalue weighted by Gasteiger charge is -2.21. The Morgan fingerprint density at radius 2 is 1.83 bits per heavy atom. The van der Waals surface area contributed by atoms with Crippen LogP contribution in [0.1, 0.15) is 6.92 Å². The third-order valence-corrected chi connectivity index (χ3v) is 8.72. The highest BCUT2D eigenvalue weighted by Gasteiger charge is 2.65. The minimum absolute atomic E-state index is 0.0761. The Morgan fingerprint density at radius 1 is 1.17 bits per heavy atom. The molecule has 9 heteroatoms. The molecule has 160 valence electrons.